The number of halogens is 1. The first kappa shape index (κ1) is 26.8. The number of non-ortho nitro benzene ring substituents is 1. The summed E-state index contributed by atoms with van der Waals surface area (Å²) in [5.74, 6) is 0.208. The van der Waals surface area contributed by atoms with E-state index < -0.39 is 16.9 Å². The van der Waals surface area contributed by atoms with Crippen LogP contribution in [0.4, 0.5) is 5.69 Å². The molecule has 0 amide bonds. The van der Waals surface area contributed by atoms with Gasteiger partial charge in [-0.1, -0.05) is 42.3 Å². The highest BCUT2D eigenvalue weighted by Gasteiger charge is 2.34. The van der Waals surface area contributed by atoms with Crippen molar-refractivity contribution in [3.05, 3.63) is 105 Å². The molecule has 0 saturated carbocycles. The third kappa shape index (κ3) is 5.12. The smallest absolute Gasteiger partial charge is 0.338 e. The van der Waals surface area contributed by atoms with Crippen LogP contribution in [0, 0.1) is 10.1 Å². The molecule has 3 aromatic heterocycles. The predicted molar refractivity (Wildman–Crippen MR) is 150 cm³/mol. The van der Waals surface area contributed by atoms with Gasteiger partial charge in [0.15, 0.2) is 4.80 Å². The molecule has 4 heterocycles. The van der Waals surface area contributed by atoms with E-state index in [0.717, 1.165) is 11.3 Å². The molecule has 1 aliphatic heterocycles. The Kier molecular flexibility index (Phi) is 7.65. The van der Waals surface area contributed by atoms with Crippen molar-refractivity contribution >= 4 is 52.0 Å². The number of nitro benzene ring substituents is 1. The average molecular weight is 584 g/mol. The average Bonchev–Trinajstić information content (AvgIpc) is 3.66. The van der Waals surface area contributed by atoms with Gasteiger partial charge in [0, 0.05) is 28.6 Å². The Morgan fingerprint density at radius 2 is 2.10 bits per heavy atom. The van der Waals surface area contributed by atoms with Crippen LogP contribution in [-0.2, 0) is 9.53 Å². The lowest BCUT2D eigenvalue weighted by atomic mass is 9.99. The van der Waals surface area contributed by atoms with Crippen LogP contribution in [0.5, 0.6) is 0 Å². The van der Waals surface area contributed by atoms with Crippen molar-refractivity contribution in [2.45, 2.75) is 32.7 Å². The lowest BCUT2D eigenvalue weighted by Gasteiger charge is -2.24. The van der Waals surface area contributed by atoms with E-state index >= 15 is 0 Å². The maximum Gasteiger partial charge on any atom is 0.338 e. The molecule has 200 valence electrons. The van der Waals surface area contributed by atoms with Crippen molar-refractivity contribution in [3.63, 3.8) is 0 Å². The number of carbonyl (C=O) groups excluding carboxylic acids is 1. The monoisotopic (exact) mass is 583 g/mol. The molecule has 0 saturated heterocycles. The number of rotatable bonds is 8. The molecule has 0 fully saturated rings. The van der Waals surface area contributed by atoms with Gasteiger partial charge in [0.1, 0.15) is 17.6 Å². The van der Waals surface area contributed by atoms with Gasteiger partial charge in [-0.3, -0.25) is 19.5 Å². The number of esters is 1. The summed E-state index contributed by atoms with van der Waals surface area (Å²) >= 11 is 8.92. The van der Waals surface area contributed by atoms with Gasteiger partial charge in [0.05, 0.1) is 32.4 Å². The fourth-order valence-corrected chi connectivity index (χ4v) is 6.39. The molecule has 1 aliphatic rings. The number of benzene rings is 1. The molecule has 1 aromatic carbocycles. The number of carbonyl (C=O) groups is 1. The number of ether oxygens (including phenoxy) is 1. The van der Waals surface area contributed by atoms with Gasteiger partial charge >= 0.3 is 5.97 Å². The SMILES string of the molecule is CCCC1=C(C(=O)OCC)C(c2cccs2)n2c(s/c(=C\c3ccc(-c4cc([N+](=O)[O-])ccc4Cl)o3)c2=O)=N1. The summed E-state index contributed by atoms with van der Waals surface area (Å²) in [7, 11) is 0. The van der Waals surface area contributed by atoms with E-state index in [4.69, 9.17) is 25.7 Å². The fourth-order valence-electron chi connectivity index (χ4n) is 4.36. The van der Waals surface area contributed by atoms with E-state index in [2.05, 4.69) is 0 Å². The summed E-state index contributed by atoms with van der Waals surface area (Å²) in [6.45, 7) is 3.95. The second kappa shape index (κ2) is 11.1. The van der Waals surface area contributed by atoms with E-state index in [9.17, 15) is 19.7 Å². The van der Waals surface area contributed by atoms with Crippen LogP contribution in [-0.4, -0.2) is 22.1 Å². The third-order valence-corrected chi connectivity index (χ3v) is 8.27. The highest BCUT2D eigenvalue weighted by molar-refractivity contribution is 7.10. The molecule has 0 bridgehead atoms. The molecular formula is C27H22ClN3O6S2. The van der Waals surface area contributed by atoms with Crippen molar-refractivity contribution in [2.24, 2.45) is 4.99 Å². The molecule has 0 aliphatic carbocycles. The second-order valence-electron chi connectivity index (χ2n) is 8.55. The number of hydrogen-bond acceptors (Lipinski definition) is 9. The minimum atomic E-state index is -0.653. The largest absolute Gasteiger partial charge is 0.463 e. The van der Waals surface area contributed by atoms with E-state index in [1.54, 1.807) is 25.1 Å². The predicted octanol–water partition coefficient (Wildman–Crippen LogP) is 5.46. The van der Waals surface area contributed by atoms with Gasteiger partial charge < -0.3 is 9.15 Å². The Bertz CT molecular complexity index is 1780. The van der Waals surface area contributed by atoms with E-state index in [1.807, 2.05) is 24.4 Å². The normalized spacial score (nSPS) is 15.3. The standard InChI is InChI=1S/C27H22ClN3O6S2/c1-3-6-19-23(26(33)36-4-2)24(21-7-5-12-38-21)30-25(32)22(39-27(30)29-19)14-16-9-11-20(37-16)17-13-15(31(34)35)8-10-18(17)28/h5,7-14,24H,3-4,6H2,1-2H3/b22-14-. The van der Waals surface area contributed by atoms with Crippen molar-refractivity contribution < 1.29 is 18.9 Å². The fraction of sp³-hybridized carbons (Fsp3) is 0.222. The quantitative estimate of drug-likeness (QED) is 0.154. The maximum absolute atomic E-state index is 13.7. The minimum absolute atomic E-state index is 0.116. The van der Waals surface area contributed by atoms with Crippen LogP contribution < -0.4 is 14.9 Å². The summed E-state index contributed by atoms with van der Waals surface area (Å²) < 4.78 is 13.2. The van der Waals surface area contributed by atoms with Crippen LogP contribution >= 0.6 is 34.3 Å². The van der Waals surface area contributed by atoms with Crippen molar-refractivity contribution in [2.75, 3.05) is 6.61 Å². The van der Waals surface area contributed by atoms with Gasteiger partial charge in [-0.2, -0.15) is 0 Å². The molecule has 0 radical (unpaired) electrons. The Balaban J connectivity index is 1.63. The van der Waals surface area contributed by atoms with Crippen LogP contribution in [0.3, 0.4) is 0 Å². The van der Waals surface area contributed by atoms with Crippen LogP contribution in [0.2, 0.25) is 5.02 Å². The molecule has 5 rings (SSSR count). The zero-order valence-electron chi connectivity index (χ0n) is 20.9. The zero-order valence-corrected chi connectivity index (χ0v) is 23.3. The number of hydrogen-bond donors (Lipinski definition) is 0. The molecule has 1 atom stereocenters. The van der Waals surface area contributed by atoms with Gasteiger partial charge in [-0.15, -0.1) is 11.3 Å². The summed E-state index contributed by atoms with van der Waals surface area (Å²) in [5, 5.41) is 13.4. The number of aromatic nitrogens is 1. The number of thiophene rings is 1. The molecule has 4 aromatic rings. The van der Waals surface area contributed by atoms with E-state index in [-0.39, 0.29) is 17.9 Å². The Hall–Kier alpha value is -3.80. The van der Waals surface area contributed by atoms with Gasteiger partial charge in [0.25, 0.3) is 11.2 Å². The first-order valence-corrected chi connectivity index (χ1v) is 14.2. The number of nitrogens with zero attached hydrogens (tertiary/aromatic N) is 3. The first-order valence-electron chi connectivity index (χ1n) is 12.1. The number of nitro groups is 1. The number of furan rings is 1. The second-order valence-corrected chi connectivity index (χ2v) is 10.9. The summed E-state index contributed by atoms with van der Waals surface area (Å²) in [6.07, 6.45) is 2.92. The molecule has 0 spiro atoms. The highest BCUT2D eigenvalue weighted by Crippen LogP contribution is 2.35. The molecule has 39 heavy (non-hydrogen) atoms. The Morgan fingerprint density at radius 3 is 2.79 bits per heavy atom. The number of thiazole rings is 1. The molecular weight excluding hydrogens is 562 g/mol. The molecule has 1 unspecified atom stereocenters. The van der Waals surface area contributed by atoms with Gasteiger partial charge in [0.2, 0.25) is 0 Å². The van der Waals surface area contributed by atoms with Crippen LogP contribution in [0.15, 0.2) is 73.3 Å². The van der Waals surface area contributed by atoms with Crippen molar-refractivity contribution in [3.8, 4) is 11.3 Å². The van der Waals surface area contributed by atoms with Gasteiger partial charge in [-0.05, 0) is 43.0 Å². The number of fused-ring (bicyclic) bond motifs is 1. The summed E-state index contributed by atoms with van der Waals surface area (Å²) in [4.78, 5) is 43.6. The third-order valence-electron chi connectivity index (χ3n) is 6.03. The molecule has 12 heteroatoms. The van der Waals surface area contributed by atoms with Crippen molar-refractivity contribution in [1.82, 2.24) is 4.57 Å². The van der Waals surface area contributed by atoms with Crippen LogP contribution in [0.25, 0.3) is 17.4 Å². The lowest BCUT2D eigenvalue weighted by molar-refractivity contribution is -0.384. The maximum atomic E-state index is 13.7. The van der Waals surface area contributed by atoms with E-state index in [0.29, 0.717) is 49.1 Å². The molecule has 0 N–H and O–H groups in total. The van der Waals surface area contributed by atoms with E-state index in [1.165, 1.54) is 45.4 Å². The van der Waals surface area contributed by atoms with Crippen molar-refractivity contribution in [1.29, 1.82) is 0 Å². The van der Waals surface area contributed by atoms with Gasteiger partial charge in [-0.25, -0.2) is 9.79 Å². The minimum Gasteiger partial charge on any atom is -0.463 e. The highest BCUT2D eigenvalue weighted by atomic mass is 35.5. The van der Waals surface area contributed by atoms with Crippen LogP contribution in [0.1, 0.15) is 43.4 Å². The Labute approximate surface area is 235 Å². The molecule has 9 nitrogen and oxygen atoms in total. The first-order chi connectivity index (χ1) is 18.8. The topological polar surface area (TPSA) is 117 Å². The zero-order chi connectivity index (χ0) is 27.7. The summed E-state index contributed by atoms with van der Waals surface area (Å²) in [5.41, 5.74) is 0.923. The number of allylic oxidation sites excluding steroid dienone is 1. The lowest BCUT2D eigenvalue weighted by Crippen LogP contribution is -2.39. The summed E-state index contributed by atoms with van der Waals surface area (Å²) in [6, 6.07) is 10.5. The Morgan fingerprint density at radius 1 is 1.28 bits per heavy atom.